The fourth-order valence-electron chi connectivity index (χ4n) is 4.08. The van der Waals surface area contributed by atoms with Gasteiger partial charge in [-0.05, 0) is 33.1 Å². The maximum atomic E-state index is 12.0. The van der Waals surface area contributed by atoms with Crippen LogP contribution in [0.15, 0.2) is 12.4 Å². The minimum atomic E-state index is -0.248. The molecule has 27 heavy (non-hydrogen) atoms. The first-order valence-electron chi connectivity index (χ1n) is 9.66. The number of aryl methyl sites for hydroxylation is 2. The molecule has 144 valence electrons. The van der Waals surface area contributed by atoms with E-state index < -0.39 is 0 Å². The first kappa shape index (κ1) is 17.9. The van der Waals surface area contributed by atoms with Crippen molar-refractivity contribution in [1.82, 2.24) is 30.2 Å². The van der Waals surface area contributed by atoms with Crippen LogP contribution < -0.4 is 15.5 Å². The molecule has 8 nitrogen and oxygen atoms in total. The van der Waals surface area contributed by atoms with Crippen molar-refractivity contribution in [3.05, 3.63) is 35.3 Å². The molecule has 0 radical (unpaired) electrons. The van der Waals surface area contributed by atoms with Crippen LogP contribution in [0.25, 0.3) is 0 Å². The topological polar surface area (TPSA) is 88.0 Å². The van der Waals surface area contributed by atoms with Gasteiger partial charge >= 0.3 is 0 Å². The molecule has 1 fully saturated rings. The highest BCUT2D eigenvalue weighted by atomic mass is 16.2. The number of anilines is 1. The standard InChI is InChI=1S/C19H27N7O/c1-12-13(2)22-16(19(27)20-3)24-17(12)26-9-6-14(11-26)23-15-5-4-8-25-10-7-21-18(15)25/h7,10,14-15,23H,4-6,8-9,11H2,1-3H3,(H,20,27)/t14-,15?/m1/s1. The summed E-state index contributed by atoms with van der Waals surface area (Å²) in [5.74, 6) is 2.01. The molecule has 0 saturated carbocycles. The van der Waals surface area contributed by atoms with E-state index in [0.29, 0.717) is 12.1 Å². The molecule has 2 aromatic rings. The van der Waals surface area contributed by atoms with Crippen LogP contribution in [0.3, 0.4) is 0 Å². The second-order valence-electron chi connectivity index (χ2n) is 7.43. The zero-order valence-corrected chi connectivity index (χ0v) is 16.2. The minimum absolute atomic E-state index is 0.237. The molecule has 4 heterocycles. The number of nitrogens with one attached hydrogen (secondary N) is 2. The van der Waals surface area contributed by atoms with Crippen LogP contribution in [0, 0.1) is 13.8 Å². The lowest BCUT2D eigenvalue weighted by molar-refractivity contribution is 0.0952. The maximum Gasteiger partial charge on any atom is 0.288 e. The maximum absolute atomic E-state index is 12.0. The molecule has 1 saturated heterocycles. The number of amides is 1. The number of nitrogens with zero attached hydrogens (tertiary/aromatic N) is 5. The molecule has 0 spiro atoms. The quantitative estimate of drug-likeness (QED) is 0.846. The second-order valence-corrected chi connectivity index (χ2v) is 7.43. The van der Waals surface area contributed by atoms with Gasteiger partial charge in [0.2, 0.25) is 5.82 Å². The van der Waals surface area contributed by atoms with E-state index in [1.807, 2.05) is 20.0 Å². The van der Waals surface area contributed by atoms with Crippen LogP contribution in [0.2, 0.25) is 0 Å². The van der Waals surface area contributed by atoms with E-state index >= 15 is 0 Å². The molecule has 2 aliphatic heterocycles. The summed E-state index contributed by atoms with van der Waals surface area (Å²) in [5.41, 5.74) is 1.89. The normalized spacial score (nSPS) is 22.0. The van der Waals surface area contributed by atoms with Crippen LogP contribution in [-0.4, -0.2) is 51.6 Å². The SMILES string of the molecule is CNC(=O)c1nc(C)c(C)c(N2CC[C@@H](NC3CCCn4ccnc43)C2)n1. The van der Waals surface area contributed by atoms with Crippen molar-refractivity contribution in [1.29, 1.82) is 0 Å². The van der Waals surface area contributed by atoms with Crippen molar-refractivity contribution >= 4 is 11.7 Å². The summed E-state index contributed by atoms with van der Waals surface area (Å²) < 4.78 is 2.25. The monoisotopic (exact) mass is 369 g/mol. The molecule has 1 unspecified atom stereocenters. The molecule has 2 aromatic heterocycles. The Morgan fingerprint density at radius 3 is 2.89 bits per heavy atom. The average molecular weight is 369 g/mol. The fraction of sp³-hybridized carbons (Fsp3) is 0.579. The van der Waals surface area contributed by atoms with Gasteiger partial charge in [0.1, 0.15) is 11.6 Å². The highest BCUT2D eigenvalue weighted by Crippen LogP contribution is 2.28. The Morgan fingerprint density at radius 1 is 1.22 bits per heavy atom. The van der Waals surface area contributed by atoms with Crippen molar-refractivity contribution in [2.45, 2.75) is 51.7 Å². The number of hydrogen-bond acceptors (Lipinski definition) is 6. The van der Waals surface area contributed by atoms with E-state index in [9.17, 15) is 4.79 Å². The molecular formula is C19H27N7O. The van der Waals surface area contributed by atoms with Crippen LogP contribution in [-0.2, 0) is 6.54 Å². The van der Waals surface area contributed by atoms with Crippen molar-refractivity contribution in [3.63, 3.8) is 0 Å². The second kappa shape index (κ2) is 7.26. The van der Waals surface area contributed by atoms with Gasteiger partial charge in [-0.1, -0.05) is 0 Å². The van der Waals surface area contributed by atoms with Crippen molar-refractivity contribution < 1.29 is 4.79 Å². The largest absolute Gasteiger partial charge is 0.355 e. The van der Waals surface area contributed by atoms with Gasteiger partial charge in [-0.15, -0.1) is 0 Å². The lowest BCUT2D eigenvalue weighted by Crippen LogP contribution is -2.38. The third-order valence-corrected chi connectivity index (χ3v) is 5.67. The predicted octanol–water partition coefficient (Wildman–Crippen LogP) is 1.35. The highest BCUT2D eigenvalue weighted by Gasteiger charge is 2.30. The molecule has 1 amide bonds. The molecule has 8 heteroatoms. The predicted molar refractivity (Wildman–Crippen MR) is 103 cm³/mol. The van der Waals surface area contributed by atoms with Gasteiger partial charge in [0, 0.05) is 56.4 Å². The van der Waals surface area contributed by atoms with E-state index in [0.717, 1.165) is 55.4 Å². The summed E-state index contributed by atoms with van der Waals surface area (Å²) in [6, 6.07) is 0.699. The van der Waals surface area contributed by atoms with E-state index in [1.165, 1.54) is 6.42 Å². The van der Waals surface area contributed by atoms with Gasteiger partial charge in [-0.3, -0.25) is 4.79 Å². The first-order chi connectivity index (χ1) is 13.1. The Balaban J connectivity index is 1.49. The van der Waals surface area contributed by atoms with Crippen LogP contribution >= 0.6 is 0 Å². The number of fused-ring (bicyclic) bond motifs is 1. The Labute approximate surface area is 159 Å². The smallest absolute Gasteiger partial charge is 0.288 e. The first-order valence-corrected chi connectivity index (χ1v) is 9.66. The number of imidazole rings is 1. The third kappa shape index (κ3) is 3.41. The minimum Gasteiger partial charge on any atom is -0.355 e. The zero-order valence-electron chi connectivity index (χ0n) is 16.2. The lowest BCUT2D eigenvalue weighted by Gasteiger charge is -2.27. The summed E-state index contributed by atoms with van der Waals surface area (Å²) in [7, 11) is 1.60. The number of aromatic nitrogens is 4. The van der Waals surface area contributed by atoms with Gasteiger partial charge in [-0.2, -0.15) is 0 Å². The molecular weight excluding hydrogens is 342 g/mol. The highest BCUT2D eigenvalue weighted by molar-refractivity contribution is 5.90. The number of carbonyl (C=O) groups is 1. The lowest BCUT2D eigenvalue weighted by atomic mass is 10.1. The van der Waals surface area contributed by atoms with Crippen LogP contribution in [0.4, 0.5) is 5.82 Å². The van der Waals surface area contributed by atoms with Gasteiger partial charge in [-0.25, -0.2) is 15.0 Å². The molecule has 2 aliphatic rings. The van der Waals surface area contributed by atoms with E-state index in [-0.39, 0.29) is 11.7 Å². The molecule has 0 bridgehead atoms. The number of hydrogen-bond donors (Lipinski definition) is 2. The summed E-state index contributed by atoms with van der Waals surface area (Å²) in [6.07, 6.45) is 7.31. The van der Waals surface area contributed by atoms with E-state index in [4.69, 9.17) is 0 Å². The number of rotatable bonds is 4. The summed E-state index contributed by atoms with van der Waals surface area (Å²) in [5, 5.41) is 6.41. The van der Waals surface area contributed by atoms with E-state index in [2.05, 4.69) is 41.2 Å². The Morgan fingerprint density at radius 2 is 2.07 bits per heavy atom. The average Bonchev–Trinajstić information content (AvgIpc) is 3.33. The van der Waals surface area contributed by atoms with Crippen LogP contribution in [0.1, 0.15) is 53.0 Å². The van der Waals surface area contributed by atoms with Crippen molar-refractivity contribution in [2.24, 2.45) is 0 Å². The Kier molecular flexibility index (Phi) is 4.82. The summed E-state index contributed by atoms with van der Waals surface area (Å²) in [4.78, 5) is 27.7. The molecule has 2 atom stereocenters. The third-order valence-electron chi connectivity index (χ3n) is 5.67. The van der Waals surface area contributed by atoms with Crippen molar-refractivity contribution in [2.75, 3.05) is 25.0 Å². The summed E-state index contributed by atoms with van der Waals surface area (Å²) >= 11 is 0. The van der Waals surface area contributed by atoms with Gasteiger partial charge < -0.3 is 20.1 Å². The zero-order chi connectivity index (χ0) is 19.0. The Hall–Kier alpha value is -2.48. The van der Waals surface area contributed by atoms with Gasteiger partial charge in [0.15, 0.2) is 0 Å². The Bertz CT molecular complexity index is 847. The molecule has 0 aliphatic carbocycles. The number of carbonyl (C=O) groups excluding carboxylic acids is 1. The fourth-order valence-corrected chi connectivity index (χ4v) is 4.08. The van der Waals surface area contributed by atoms with E-state index in [1.54, 1.807) is 7.05 Å². The molecule has 0 aromatic carbocycles. The summed E-state index contributed by atoms with van der Waals surface area (Å²) in [6.45, 7) is 6.81. The molecule has 2 N–H and O–H groups in total. The van der Waals surface area contributed by atoms with Crippen LogP contribution in [0.5, 0.6) is 0 Å². The van der Waals surface area contributed by atoms with Gasteiger partial charge in [0.05, 0.1) is 6.04 Å². The van der Waals surface area contributed by atoms with Gasteiger partial charge in [0.25, 0.3) is 5.91 Å². The molecule has 4 rings (SSSR count). The van der Waals surface area contributed by atoms with Crippen molar-refractivity contribution in [3.8, 4) is 0 Å².